The Hall–Kier alpha value is -2.47. The normalized spacial score (nSPS) is 21.0. The zero-order valence-electron chi connectivity index (χ0n) is 16.8. The summed E-state index contributed by atoms with van der Waals surface area (Å²) in [5.74, 6) is 2.06. The van der Waals surface area contributed by atoms with Gasteiger partial charge in [0.15, 0.2) is 5.82 Å². The third kappa shape index (κ3) is 4.17. The Labute approximate surface area is 167 Å². The molecule has 28 heavy (non-hydrogen) atoms. The number of amides is 1. The van der Waals surface area contributed by atoms with E-state index in [1.165, 1.54) is 6.42 Å². The molecule has 0 saturated carbocycles. The summed E-state index contributed by atoms with van der Waals surface area (Å²) in [5.41, 5.74) is 1.46. The lowest BCUT2D eigenvalue weighted by Crippen LogP contribution is -2.45. The second kappa shape index (κ2) is 8.27. The van der Waals surface area contributed by atoms with Crippen LogP contribution in [0.25, 0.3) is 11.4 Å². The van der Waals surface area contributed by atoms with Crippen molar-refractivity contribution in [2.75, 3.05) is 51.2 Å². The van der Waals surface area contributed by atoms with Crippen molar-refractivity contribution in [3.63, 3.8) is 0 Å². The Morgan fingerprint density at radius 3 is 2.50 bits per heavy atom. The molecular formula is C22H29N5O. The molecule has 2 fully saturated rings. The standard InChI is InChI=1S/C22H29N5O/c1-17-7-6-10-27(16-17)22(28)19-15-20(26-13-11-25(2)12-14-26)24-21(23-19)18-8-4-3-5-9-18/h3-5,8-9,15,17H,6-7,10-14,16H2,1-2H3. The molecule has 2 aliphatic rings. The molecule has 0 aliphatic carbocycles. The average molecular weight is 380 g/mol. The van der Waals surface area contributed by atoms with E-state index in [0.717, 1.165) is 57.1 Å². The number of carbonyl (C=O) groups excluding carboxylic acids is 1. The lowest BCUT2D eigenvalue weighted by Gasteiger charge is -2.34. The molecule has 6 nitrogen and oxygen atoms in total. The molecule has 3 heterocycles. The van der Waals surface area contributed by atoms with E-state index in [2.05, 4.69) is 28.8 Å². The summed E-state index contributed by atoms with van der Waals surface area (Å²) in [6, 6.07) is 11.8. The number of likely N-dealkylation sites (tertiary alicyclic amines) is 1. The number of piperazine rings is 1. The molecule has 1 aromatic carbocycles. The number of benzene rings is 1. The fourth-order valence-electron chi connectivity index (χ4n) is 3.99. The summed E-state index contributed by atoms with van der Waals surface area (Å²) in [5, 5.41) is 0. The van der Waals surface area contributed by atoms with Crippen molar-refractivity contribution in [2.45, 2.75) is 19.8 Å². The van der Waals surface area contributed by atoms with E-state index in [0.29, 0.717) is 17.4 Å². The van der Waals surface area contributed by atoms with Crippen LogP contribution in [0.1, 0.15) is 30.3 Å². The predicted octanol–water partition coefficient (Wildman–Crippen LogP) is 2.77. The molecule has 0 spiro atoms. The van der Waals surface area contributed by atoms with Crippen LogP contribution in [-0.4, -0.2) is 72.0 Å². The summed E-state index contributed by atoms with van der Waals surface area (Å²) in [6.07, 6.45) is 2.25. The van der Waals surface area contributed by atoms with E-state index in [4.69, 9.17) is 4.98 Å². The van der Waals surface area contributed by atoms with Crippen LogP contribution in [0.3, 0.4) is 0 Å². The van der Waals surface area contributed by atoms with Crippen LogP contribution in [-0.2, 0) is 0 Å². The number of rotatable bonds is 3. The molecule has 6 heteroatoms. The summed E-state index contributed by atoms with van der Waals surface area (Å²) in [7, 11) is 2.14. The third-order valence-corrected chi connectivity index (χ3v) is 5.74. The van der Waals surface area contributed by atoms with Gasteiger partial charge in [-0.25, -0.2) is 9.97 Å². The van der Waals surface area contributed by atoms with Gasteiger partial charge in [-0.05, 0) is 25.8 Å². The van der Waals surface area contributed by atoms with Crippen molar-refractivity contribution in [3.05, 3.63) is 42.1 Å². The molecule has 0 radical (unpaired) electrons. The Kier molecular flexibility index (Phi) is 5.57. The van der Waals surface area contributed by atoms with Crippen molar-refractivity contribution in [3.8, 4) is 11.4 Å². The first kappa shape index (κ1) is 18.9. The second-order valence-electron chi connectivity index (χ2n) is 8.09. The molecule has 0 N–H and O–H groups in total. The quantitative estimate of drug-likeness (QED) is 0.821. The van der Waals surface area contributed by atoms with Gasteiger partial charge in [-0.15, -0.1) is 0 Å². The zero-order valence-corrected chi connectivity index (χ0v) is 16.8. The number of hydrogen-bond donors (Lipinski definition) is 0. The van der Waals surface area contributed by atoms with Crippen LogP contribution in [0.4, 0.5) is 5.82 Å². The van der Waals surface area contributed by atoms with Gasteiger partial charge in [0.25, 0.3) is 5.91 Å². The zero-order chi connectivity index (χ0) is 19.5. The Morgan fingerprint density at radius 2 is 1.79 bits per heavy atom. The van der Waals surface area contributed by atoms with Gasteiger partial charge in [0.05, 0.1) is 0 Å². The first-order chi connectivity index (χ1) is 13.6. The van der Waals surface area contributed by atoms with Crippen LogP contribution in [0, 0.1) is 5.92 Å². The highest BCUT2D eigenvalue weighted by Crippen LogP contribution is 2.23. The molecule has 1 atom stereocenters. The minimum absolute atomic E-state index is 0.0292. The molecule has 2 aliphatic heterocycles. The van der Waals surface area contributed by atoms with E-state index in [-0.39, 0.29) is 5.91 Å². The highest BCUT2D eigenvalue weighted by molar-refractivity contribution is 5.93. The van der Waals surface area contributed by atoms with Gasteiger partial charge < -0.3 is 14.7 Å². The monoisotopic (exact) mass is 379 g/mol. The number of piperidine rings is 1. The Morgan fingerprint density at radius 1 is 1.04 bits per heavy atom. The predicted molar refractivity (Wildman–Crippen MR) is 111 cm³/mol. The molecule has 1 aromatic heterocycles. The number of carbonyl (C=O) groups is 1. The van der Waals surface area contributed by atoms with E-state index >= 15 is 0 Å². The smallest absolute Gasteiger partial charge is 0.272 e. The van der Waals surface area contributed by atoms with Gasteiger partial charge in [-0.3, -0.25) is 4.79 Å². The highest BCUT2D eigenvalue weighted by atomic mass is 16.2. The van der Waals surface area contributed by atoms with Crippen LogP contribution < -0.4 is 4.90 Å². The van der Waals surface area contributed by atoms with Crippen molar-refractivity contribution >= 4 is 11.7 Å². The maximum atomic E-state index is 13.2. The van der Waals surface area contributed by atoms with Gasteiger partial charge >= 0.3 is 0 Å². The summed E-state index contributed by atoms with van der Waals surface area (Å²) >= 11 is 0. The van der Waals surface area contributed by atoms with Crippen molar-refractivity contribution < 1.29 is 4.79 Å². The summed E-state index contributed by atoms with van der Waals surface area (Å²) in [6.45, 7) is 7.66. The van der Waals surface area contributed by atoms with Gasteiger partial charge in [0, 0.05) is 50.9 Å². The molecule has 1 amide bonds. The summed E-state index contributed by atoms with van der Waals surface area (Å²) < 4.78 is 0. The van der Waals surface area contributed by atoms with E-state index in [1.807, 2.05) is 41.3 Å². The van der Waals surface area contributed by atoms with E-state index in [1.54, 1.807) is 0 Å². The molecule has 4 rings (SSSR count). The van der Waals surface area contributed by atoms with Crippen LogP contribution in [0.5, 0.6) is 0 Å². The Bertz CT molecular complexity index is 817. The number of hydrogen-bond acceptors (Lipinski definition) is 5. The topological polar surface area (TPSA) is 52.6 Å². The van der Waals surface area contributed by atoms with Crippen molar-refractivity contribution in [1.82, 2.24) is 19.8 Å². The van der Waals surface area contributed by atoms with Crippen molar-refractivity contribution in [2.24, 2.45) is 5.92 Å². The largest absolute Gasteiger partial charge is 0.354 e. The van der Waals surface area contributed by atoms with Gasteiger partial charge in [0.2, 0.25) is 0 Å². The SMILES string of the molecule is CC1CCCN(C(=O)c2cc(N3CCN(C)CC3)nc(-c3ccccc3)n2)C1. The molecule has 148 valence electrons. The molecular weight excluding hydrogens is 350 g/mol. The van der Waals surface area contributed by atoms with E-state index in [9.17, 15) is 4.79 Å². The minimum Gasteiger partial charge on any atom is -0.354 e. The summed E-state index contributed by atoms with van der Waals surface area (Å²) in [4.78, 5) is 29.3. The fourth-order valence-corrected chi connectivity index (χ4v) is 3.99. The first-order valence-corrected chi connectivity index (χ1v) is 10.3. The lowest BCUT2D eigenvalue weighted by molar-refractivity contribution is 0.0677. The van der Waals surface area contributed by atoms with E-state index < -0.39 is 0 Å². The van der Waals surface area contributed by atoms with Crippen LogP contribution in [0.15, 0.2) is 36.4 Å². The fraction of sp³-hybridized carbons (Fsp3) is 0.500. The third-order valence-electron chi connectivity index (χ3n) is 5.74. The number of aromatic nitrogens is 2. The maximum absolute atomic E-state index is 13.2. The average Bonchev–Trinajstić information content (AvgIpc) is 2.74. The number of anilines is 1. The van der Waals surface area contributed by atoms with Crippen LogP contribution in [0.2, 0.25) is 0 Å². The number of nitrogens with zero attached hydrogens (tertiary/aromatic N) is 5. The first-order valence-electron chi connectivity index (χ1n) is 10.3. The van der Waals surface area contributed by atoms with Crippen molar-refractivity contribution in [1.29, 1.82) is 0 Å². The Balaban J connectivity index is 1.68. The second-order valence-corrected chi connectivity index (χ2v) is 8.09. The highest BCUT2D eigenvalue weighted by Gasteiger charge is 2.25. The van der Waals surface area contributed by atoms with Gasteiger partial charge in [0.1, 0.15) is 11.5 Å². The molecule has 0 bridgehead atoms. The molecule has 2 saturated heterocycles. The van der Waals surface area contributed by atoms with Crippen LogP contribution >= 0.6 is 0 Å². The maximum Gasteiger partial charge on any atom is 0.272 e. The molecule has 2 aromatic rings. The van der Waals surface area contributed by atoms with Gasteiger partial charge in [-0.1, -0.05) is 37.3 Å². The minimum atomic E-state index is 0.0292. The van der Waals surface area contributed by atoms with Gasteiger partial charge in [-0.2, -0.15) is 0 Å². The lowest BCUT2D eigenvalue weighted by atomic mass is 10.00. The molecule has 1 unspecified atom stereocenters. The number of likely N-dealkylation sites (N-methyl/N-ethyl adjacent to an activating group) is 1.